The molecule has 1 saturated heterocycles. The molecule has 0 spiro atoms. The van der Waals surface area contributed by atoms with Crippen molar-refractivity contribution in [2.45, 2.75) is 26.4 Å². The molecule has 7 heteroatoms. The van der Waals surface area contributed by atoms with Crippen LogP contribution < -0.4 is 5.32 Å². The monoisotopic (exact) mass is 290 g/mol. The van der Waals surface area contributed by atoms with Gasteiger partial charge < -0.3 is 19.1 Å². The number of nitrogens with zero attached hydrogens (tertiary/aromatic N) is 3. The molecule has 1 N–H and O–H groups in total. The highest BCUT2D eigenvalue weighted by atomic mass is 16.5. The van der Waals surface area contributed by atoms with E-state index in [9.17, 15) is 4.79 Å². The largest absolute Gasteiger partial charge is 0.381 e. The van der Waals surface area contributed by atoms with Crippen molar-refractivity contribution in [1.29, 1.82) is 0 Å². The van der Waals surface area contributed by atoms with Crippen molar-refractivity contribution in [3.05, 3.63) is 24.2 Å². The average Bonchev–Trinajstić information content (AvgIpc) is 3.24. The van der Waals surface area contributed by atoms with Gasteiger partial charge >= 0.3 is 0 Å². The predicted octanol–water partition coefficient (Wildman–Crippen LogP) is 1.21. The van der Waals surface area contributed by atoms with Gasteiger partial charge in [-0.15, -0.1) is 0 Å². The van der Waals surface area contributed by atoms with Crippen LogP contribution >= 0.6 is 0 Å². The molecule has 0 radical (unpaired) electrons. The summed E-state index contributed by atoms with van der Waals surface area (Å²) in [6.45, 7) is 4.27. The molecule has 112 valence electrons. The lowest BCUT2D eigenvalue weighted by molar-refractivity contribution is -0.125. The van der Waals surface area contributed by atoms with Crippen molar-refractivity contribution in [1.82, 2.24) is 20.0 Å². The van der Waals surface area contributed by atoms with E-state index in [2.05, 4.69) is 15.5 Å². The van der Waals surface area contributed by atoms with Gasteiger partial charge in [0.2, 0.25) is 17.6 Å². The normalized spacial score (nSPS) is 18.0. The van der Waals surface area contributed by atoms with Gasteiger partial charge in [0.15, 0.2) is 0 Å². The molecule has 1 aliphatic heterocycles. The second-order valence-electron chi connectivity index (χ2n) is 4.97. The molecule has 2 aromatic rings. The summed E-state index contributed by atoms with van der Waals surface area (Å²) in [6, 6.07) is 3.88. The maximum atomic E-state index is 11.9. The number of hydrogen-bond acceptors (Lipinski definition) is 5. The first-order chi connectivity index (χ1) is 10.3. The Morgan fingerprint density at radius 1 is 1.57 bits per heavy atom. The van der Waals surface area contributed by atoms with Gasteiger partial charge in [-0.3, -0.25) is 4.79 Å². The van der Waals surface area contributed by atoms with E-state index in [0.717, 1.165) is 18.7 Å². The van der Waals surface area contributed by atoms with E-state index >= 15 is 0 Å². The number of aryl methyl sites for hydroxylation is 1. The smallest absolute Gasteiger partial charge is 0.246 e. The molecule has 0 aromatic carbocycles. The molecule has 0 aliphatic carbocycles. The Balaban J connectivity index is 1.61. The first kappa shape index (κ1) is 13.8. The Morgan fingerprint density at radius 2 is 2.48 bits per heavy atom. The van der Waals surface area contributed by atoms with Gasteiger partial charge in [-0.25, -0.2) is 0 Å². The molecular weight excluding hydrogens is 272 g/mol. The molecule has 1 atom stereocenters. The van der Waals surface area contributed by atoms with E-state index in [-0.39, 0.29) is 18.4 Å². The lowest BCUT2D eigenvalue weighted by atomic mass is 10.1. The third kappa shape index (κ3) is 2.97. The lowest BCUT2D eigenvalue weighted by Gasteiger charge is -2.06. The fourth-order valence-electron chi connectivity index (χ4n) is 2.37. The van der Waals surface area contributed by atoms with Crippen LogP contribution in [0.4, 0.5) is 0 Å². The van der Waals surface area contributed by atoms with Crippen molar-refractivity contribution < 1.29 is 14.1 Å². The molecule has 3 heterocycles. The van der Waals surface area contributed by atoms with Gasteiger partial charge in [-0.1, -0.05) is 5.16 Å². The van der Waals surface area contributed by atoms with Crippen molar-refractivity contribution in [3.63, 3.8) is 0 Å². The van der Waals surface area contributed by atoms with Crippen molar-refractivity contribution >= 4 is 5.91 Å². The standard InChI is InChI=1S/C14H18N4O3/c1-2-18-6-3-4-11(18)13-16-12(21-17-13)8-15-14(19)10-5-7-20-9-10/h3-4,6,10H,2,5,7-9H2,1H3,(H,15,19). The van der Waals surface area contributed by atoms with E-state index in [1.54, 1.807) is 0 Å². The maximum Gasteiger partial charge on any atom is 0.246 e. The highest BCUT2D eigenvalue weighted by Crippen LogP contribution is 2.17. The van der Waals surface area contributed by atoms with Crippen LogP contribution in [0.25, 0.3) is 11.5 Å². The number of carbonyl (C=O) groups is 1. The minimum atomic E-state index is -0.0651. The molecule has 2 aromatic heterocycles. The number of nitrogens with one attached hydrogen (secondary N) is 1. The highest BCUT2D eigenvalue weighted by molar-refractivity contribution is 5.78. The molecule has 1 aliphatic rings. The number of amides is 1. The van der Waals surface area contributed by atoms with E-state index in [1.165, 1.54) is 0 Å². The third-order valence-corrected chi connectivity index (χ3v) is 3.58. The first-order valence-corrected chi connectivity index (χ1v) is 7.11. The molecule has 1 unspecified atom stereocenters. The Morgan fingerprint density at radius 3 is 3.24 bits per heavy atom. The SMILES string of the molecule is CCn1cccc1-c1noc(CNC(=O)C2CCOC2)n1. The number of aromatic nitrogens is 3. The summed E-state index contributed by atoms with van der Waals surface area (Å²) < 4.78 is 12.4. The second kappa shape index (κ2) is 6.09. The molecule has 3 rings (SSSR count). The number of rotatable bonds is 5. The third-order valence-electron chi connectivity index (χ3n) is 3.58. The van der Waals surface area contributed by atoms with Gasteiger partial charge in [0.05, 0.1) is 24.8 Å². The fourth-order valence-corrected chi connectivity index (χ4v) is 2.37. The zero-order chi connectivity index (χ0) is 14.7. The van der Waals surface area contributed by atoms with Crippen molar-refractivity contribution in [2.24, 2.45) is 5.92 Å². The van der Waals surface area contributed by atoms with Crippen LogP contribution in [0.1, 0.15) is 19.2 Å². The van der Waals surface area contributed by atoms with E-state index in [4.69, 9.17) is 9.26 Å². The minimum absolute atomic E-state index is 0.0239. The predicted molar refractivity (Wildman–Crippen MR) is 74.2 cm³/mol. The van der Waals surface area contributed by atoms with Crippen LogP contribution in [-0.4, -0.2) is 33.8 Å². The Hall–Kier alpha value is -2.15. The van der Waals surface area contributed by atoms with Gasteiger partial charge in [0, 0.05) is 19.3 Å². The summed E-state index contributed by atoms with van der Waals surface area (Å²) >= 11 is 0. The number of hydrogen-bond donors (Lipinski definition) is 1. The van der Waals surface area contributed by atoms with Crippen LogP contribution in [0.15, 0.2) is 22.9 Å². The molecule has 21 heavy (non-hydrogen) atoms. The van der Waals surface area contributed by atoms with Gasteiger partial charge in [-0.2, -0.15) is 4.98 Å². The molecule has 0 saturated carbocycles. The zero-order valence-electron chi connectivity index (χ0n) is 11.9. The van der Waals surface area contributed by atoms with Crippen molar-refractivity contribution in [2.75, 3.05) is 13.2 Å². The number of ether oxygens (including phenoxy) is 1. The van der Waals surface area contributed by atoms with E-state index in [1.807, 2.05) is 29.8 Å². The molecule has 1 fully saturated rings. The van der Waals surface area contributed by atoms with Crippen LogP contribution in [0.3, 0.4) is 0 Å². The Kier molecular flexibility index (Phi) is 4.01. The quantitative estimate of drug-likeness (QED) is 0.895. The molecule has 1 amide bonds. The number of carbonyl (C=O) groups excluding carboxylic acids is 1. The highest BCUT2D eigenvalue weighted by Gasteiger charge is 2.23. The minimum Gasteiger partial charge on any atom is -0.381 e. The van der Waals surface area contributed by atoms with Gasteiger partial charge in [0.25, 0.3) is 0 Å². The van der Waals surface area contributed by atoms with E-state index in [0.29, 0.717) is 24.9 Å². The van der Waals surface area contributed by atoms with Gasteiger partial charge in [-0.05, 0) is 25.5 Å². The summed E-state index contributed by atoms with van der Waals surface area (Å²) in [4.78, 5) is 16.2. The summed E-state index contributed by atoms with van der Waals surface area (Å²) in [5.74, 6) is 0.852. The average molecular weight is 290 g/mol. The fraction of sp³-hybridized carbons (Fsp3) is 0.500. The molecular formula is C14H18N4O3. The van der Waals surface area contributed by atoms with Crippen LogP contribution in [0, 0.1) is 5.92 Å². The van der Waals surface area contributed by atoms with E-state index < -0.39 is 0 Å². The topological polar surface area (TPSA) is 82.2 Å². The van der Waals surface area contributed by atoms with Crippen LogP contribution in [0.5, 0.6) is 0 Å². The van der Waals surface area contributed by atoms with Crippen molar-refractivity contribution in [3.8, 4) is 11.5 Å². The van der Waals surface area contributed by atoms with Crippen LogP contribution in [0.2, 0.25) is 0 Å². The molecule has 7 nitrogen and oxygen atoms in total. The Bertz CT molecular complexity index is 613. The molecule has 0 bridgehead atoms. The Labute approximate surface area is 122 Å². The maximum absolute atomic E-state index is 11.9. The summed E-state index contributed by atoms with van der Waals surface area (Å²) in [7, 11) is 0. The summed E-state index contributed by atoms with van der Waals surface area (Å²) in [5, 5.41) is 6.77. The zero-order valence-corrected chi connectivity index (χ0v) is 11.9. The second-order valence-corrected chi connectivity index (χ2v) is 4.97. The lowest BCUT2D eigenvalue weighted by Crippen LogP contribution is -2.30. The summed E-state index contributed by atoms with van der Waals surface area (Å²) in [5.41, 5.74) is 0.906. The first-order valence-electron chi connectivity index (χ1n) is 7.11. The van der Waals surface area contributed by atoms with Gasteiger partial charge in [0.1, 0.15) is 0 Å². The summed E-state index contributed by atoms with van der Waals surface area (Å²) in [6.07, 6.45) is 2.73. The van der Waals surface area contributed by atoms with Crippen LogP contribution in [-0.2, 0) is 22.6 Å².